The third kappa shape index (κ3) is 3.19. The standard InChI is InChI=1S/C32H35N2/c1-20-11-14-26(21(2)17-20)31-32-29(22(3)19-33(31)4)28-16-13-25-18-24(23-9-7-6-8-10-23)12-15-27(25)30(28)34(32)5/h11-19,23H,6-10H2,1-5H3/q+1/i1D3,3D3,23D. The maximum Gasteiger partial charge on any atom is 0.237 e. The van der Waals surface area contributed by atoms with Crippen LogP contribution in [-0.4, -0.2) is 4.57 Å². The van der Waals surface area contributed by atoms with E-state index in [1.54, 1.807) is 18.3 Å². The monoisotopic (exact) mass is 454 g/mol. The van der Waals surface area contributed by atoms with Crippen molar-refractivity contribution < 1.29 is 14.2 Å². The molecular weight excluding hydrogens is 412 g/mol. The summed E-state index contributed by atoms with van der Waals surface area (Å²) in [5.41, 5.74) is 5.84. The van der Waals surface area contributed by atoms with Crippen LogP contribution in [0.3, 0.4) is 0 Å². The summed E-state index contributed by atoms with van der Waals surface area (Å²) in [6.07, 6.45) is 6.78. The topological polar surface area (TPSA) is 8.81 Å². The van der Waals surface area contributed by atoms with E-state index in [9.17, 15) is 0 Å². The minimum Gasteiger partial charge on any atom is -0.338 e. The first kappa shape index (κ1) is 15.0. The van der Waals surface area contributed by atoms with Crippen molar-refractivity contribution in [2.75, 3.05) is 0 Å². The molecule has 0 N–H and O–H groups in total. The van der Waals surface area contributed by atoms with Gasteiger partial charge in [-0.15, -0.1) is 0 Å². The van der Waals surface area contributed by atoms with Gasteiger partial charge in [-0.1, -0.05) is 67.3 Å². The first-order valence-electron chi connectivity index (χ1n) is 15.7. The van der Waals surface area contributed by atoms with Gasteiger partial charge in [-0.25, -0.2) is 0 Å². The van der Waals surface area contributed by atoms with Gasteiger partial charge in [-0.2, -0.15) is 4.57 Å². The van der Waals surface area contributed by atoms with Crippen molar-refractivity contribution in [2.45, 2.75) is 58.6 Å². The summed E-state index contributed by atoms with van der Waals surface area (Å²) >= 11 is 0. The maximum atomic E-state index is 9.14. The molecule has 1 aliphatic carbocycles. The zero-order valence-electron chi connectivity index (χ0n) is 27.1. The smallest absolute Gasteiger partial charge is 0.237 e. The Labute approximate surface area is 212 Å². The molecule has 1 fully saturated rings. The summed E-state index contributed by atoms with van der Waals surface area (Å²) in [6.45, 7) is -2.64. The molecule has 0 unspecified atom stereocenters. The maximum absolute atomic E-state index is 9.14. The summed E-state index contributed by atoms with van der Waals surface area (Å²) in [5.74, 6) is -0.561. The molecule has 6 rings (SSSR count). The molecule has 0 saturated heterocycles. The molecule has 0 bridgehead atoms. The Kier molecular flexibility index (Phi) is 3.52. The van der Waals surface area contributed by atoms with Crippen molar-refractivity contribution in [2.24, 2.45) is 14.1 Å². The van der Waals surface area contributed by atoms with E-state index >= 15 is 0 Å². The van der Waals surface area contributed by atoms with E-state index in [0.717, 1.165) is 75.3 Å². The predicted octanol–water partition coefficient (Wildman–Crippen LogP) is 7.95. The van der Waals surface area contributed by atoms with E-state index in [1.807, 2.05) is 37.7 Å². The van der Waals surface area contributed by atoms with Crippen LogP contribution in [-0.2, 0) is 14.1 Å². The van der Waals surface area contributed by atoms with Crippen LogP contribution >= 0.6 is 0 Å². The molecule has 3 aromatic carbocycles. The fourth-order valence-corrected chi connectivity index (χ4v) is 6.06. The molecule has 2 nitrogen and oxygen atoms in total. The molecular formula is C32H35N2+. The third-order valence-electron chi connectivity index (χ3n) is 7.68. The average Bonchev–Trinajstić information content (AvgIpc) is 3.20. The molecule has 0 spiro atoms. The van der Waals surface area contributed by atoms with Crippen molar-refractivity contribution >= 4 is 32.6 Å². The molecule has 2 aromatic heterocycles. The Morgan fingerprint density at radius 2 is 1.74 bits per heavy atom. The van der Waals surface area contributed by atoms with E-state index in [0.29, 0.717) is 5.39 Å². The van der Waals surface area contributed by atoms with Crippen molar-refractivity contribution in [3.05, 3.63) is 77.0 Å². The van der Waals surface area contributed by atoms with Gasteiger partial charge < -0.3 is 4.57 Å². The highest BCUT2D eigenvalue weighted by molar-refractivity contribution is 6.20. The zero-order valence-corrected chi connectivity index (χ0v) is 20.1. The number of nitrogens with zero attached hydrogens (tertiary/aromatic N) is 2. The van der Waals surface area contributed by atoms with Crippen LogP contribution in [0.1, 0.15) is 69.8 Å². The number of hydrogen-bond acceptors (Lipinski definition) is 0. The molecule has 172 valence electrons. The third-order valence-corrected chi connectivity index (χ3v) is 7.68. The van der Waals surface area contributed by atoms with Crippen molar-refractivity contribution in [3.8, 4) is 11.3 Å². The average molecular weight is 455 g/mol. The molecule has 0 aliphatic heterocycles. The summed E-state index contributed by atoms with van der Waals surface area (Å²) in [7, 11) is 3.82. The predicted molar refractivity (Wildman–Crippen MR) is 145 cm³/mol. The van der Waals surface area contributed by atoms with Crippen LogP contribution < -0.4 is 4.57 Å². The van der Waals surface area contributed by atoms with Gasteiger partial charge in [-0.05, 0) is 61.9 Å². The highest BCUT2D eigenvalue weighted by Crippen LogP contribution is 2.40. The highest BCUT2D eigenvalue weighted by atomic mass is 15.0. The van der Waals surface area contributed by atoms with Crippen LogP contribution in [0.4, 0.5) is 0 Å². The lowest BCUT2D eigenvalue weighted by Crippen LogP contribution is -2.32. The second kappa shape index (κ2) is 7.98. The highest BCUT2D eigenvalue weighted by Gasteiger charge is 2.25. The minimum atomic E-state index is -2.33. The van der Waals surface area contributed by atoms with Gasteiger partial charge >= 0.3 is 0 Å². The Morgan fingerprint density at radius 1 is 0.912 bits per heavy atom. The van der Waals surface area contributed by atoms with E-state index in [1.165, 1.54) is 6.42 Å². The van der Waals surface area contributed by atoms with Crippen molar-refractivity contribution in [1.29, 1.82) is 0 Å². The lowest BCUT2D eigenvalue weighted by molar-refractivity contribution is -0.659. The van der Waals surface area contributed by atoms with Gasteiger partial charge in [0.25, 0.3) is 0 Å². The largest absolute Gasteiger partial charge is 0.338 e. The Balaban J connectivity index is 1.68. The number of aryl methyl sites for hydroxylation is 5. The molecule has 2 heterocycles. The number of pyridine rings is 1. The first-order valence-corrected chi connectivity index (χ1v) is 12.2. The second-order valence-corrected chi connectivity index (χ2v) is 9.88. The van der Waals surface area contributed by atoms with Gasteiger partial charge in [0.05, 0.1) is 11.1 Å². The lowest BCUT2D eigenvalue weighted by Gasteiger charge is -2.22. The van der Waals surface area contributed by atoms with Gasteiger partial charge in [0.1, 0.15) is 12.6 Å². The van der Waals surface area contributed by atoms with E-state index in [4.69, 9.17) is 9.60 Å². The van der Waals surface area contributed by atoms with Crippen LogP contribution in [0.15, 0.2) is 54.7 Å². The van der Waals surface area contributed by atoms with Gasteiger partial charge in [-0.3, -0.25) is 0 Å². The molecule has 0 amide bonds. The fraction of sp³-hybridized carbons (Fsp3) is 0.344. The van der Waals surface area contributed by atoms with Crippen molar-refractivity contribution in [1.82, 2.24) is 4.57 Å². The molecule has 1 aliphatic rings. The quantitative estimate of drug-likeness (QED) is 0.239. The molecule has 5 aromatic rings. The van der Waals surface area contributed by atoms with Gasteiger partial charge in [0.2, 0.25) is 5.69 Å². The van der Waals surface area contributed by atoms with Crippen LogP contribution in [0, 0.1) is 20.6 Å². The normalized spacial score (nSPS) is 19.8. The molecule has 2 heteroatoms. The lowest BCUT2D eigenvalue weighted by atomic mass is 9.83. The Bertz CT molecular complexity index is 1840. The summed E-state index contributed by atoms with van der Waals surface area (Å²) in [6, 6.07) is 15.6. The van der Waals surface area contributed by atoms with E-state index < -0.39 is 19.6 Å². The Hall–Kier alpha value is -3.13. The fourth-order valence-electron chi connectivity index (χ4n) is 6.06. The molecule has 0 atom stereocenters. The Morgan fingerprint density at radius 3 is 2.50 bits per heavy atom. The number of fused-ring (bicyclic) bond motifs is 5. The van der Waals surface area contributed by atoms with Crippen LogP contribution in [0.25, 0.3) is 43.8 Å². The van der Waals surface area contributed by atoms with E-state index in [-0.39, 0.29) is 11.1 Å². The SMILES string of the molecule is [2H]C([2H])([2H])c1ccc(-c2c3c(c(C([2H])([2H])[2H])c[n+]2C)c2ccc4cc(C5([2H])CCCCC5)ccc4c2n3C)c(C)c1. The van der Waals surface area contributed by atoms with Crippen molar-refractivity contribution in [3.63, 3.8) is 0 Å². The minimum absolute atomic E-state index is 0.278. The zero-order chi connectivity index (χ0) is 29.5. The number of hydrogen-bond donors (Lipinski definition) is 0. The summed E-state index contributed by atoms with van der Waals surface area (Å²) in [5, 5.41) is 3.61. The first-order chi connectivity index (χ1) is 19.2. The van der Waals surface area contributed by atoms with Gasteiger partial charge in [0, 0.05) is 38.4 Å². The molecule has 34 heavy (non-hydrogen) atoms. The molecule has 1 saturated carbocycles. The number of aromatic nitrogens is 2. The van der Waals surface area contributed by atoms with E-state index in [2.05, 4.69) is 28.8 Å². The molecule has 0 radical (unpaired) electrons. The van der Waals surface area contributed by atoms with Crippen LogP contribution in [0.2, 0.25) is 0 Å². The number of rotatable bonds is 2. The second-order valence-electron chi connectivity index (χ2n) is 9.88. The number of benzene rings is 3. The summed E-state index contributed by atoms with van der Waals surface area (Å²) in [4.78, 5) is 0. The van der Waals surface area contributed by atoms with Gasteiger partial charge in [0.15, 0.2) is 6.20 Å². The van der Waals surface area contributed by atoms with Crippen LogP contribution in [0.5, 0.6) is 0 Å². The summed E-state index contributed by atoms with van der Waals surface area (Å²) < 4.78 is 61.8.